The van der Waals surface area contributed by atoms with Crippen molar-refractivity contribution in [3.63, 3.8) is 0 Å². The average molecular weight is 401 g/mol. The number of amides is 1. The predicted molar refractivity (Wildman–Crippen MR) is 108 cm³/mol. The summed E-state index contributed by atoms with van der Waals surface area (Å²) < 4.78 is 6.73. The lowest BCUT2D eigenvalue weighted by atomic mass is 10.1. The molecule has 1 aliphatic heterocycles. The fourth-order valence-corrected chi connectivity index (χ4v) is 3.83. The van der Waals surface area contributed by atoms with Crippen LogP contribution in [0.4, 0.5) is 5.69 Å². The molecule has 28 heavy (non-hydrogen) atoms. The Hall–Kier alpha value is -2.61. The fourth-order valence-electron chi connectivity index (χ4n) is 2.79. The number of thioether (sulfide) groups is 1. The van der Waals surface area contributed by atoms with Crippen LogP contribution in [0.3, 0.4) is 0 Å². The Kier molecular flexibility index (Phi) is 6.51. The van der Waals surface area contributed by atoms with E-state index in [1.165, 1.54) is 11.8 Å². The summed E-state index contributed by atoms with van der Waals surface area (Å²) >= 11 is 1.40. The van der Waals surface area contributed by atoms with Gasteiger partial charge in [-0.25, -0.2) is 9.78 Å². The molecule has 0 spiro atoms. The van der Waals surface area contributed by atoms with Crippen LogP contribution in [-0.2, 0) is 16.1 Å². The van der Waals surface area contributed by atoms with Gasteiger partial charge in [-0.2, -0.15) is 0 Å². The van der Waals surface area contributed by atoms with Gasteiger partial charge >= 0.3 is 5.97 Å². The number of rotatable bonds is 6. The van der Waals surface area contributed by atoms with Crippen LogP contribution in [0.5, 0.6) is 0 Å². The summed E-state index contributed by atoms with van der Waals surface area (Å²) in [5.41, 5.74) is 1.50. The lowest BCUT2D eigenvalue weighted by molar-refractivity contribution is -0.119. The number of carbonyl (C=O) groups excluding carboxylic acids is 2. The minimum atomic E-state index is -0.367. The normalized spacial score (nSPS) is 15.6. The molecule has 0 fully saturated rings. The fraction of sp³-hybridized carbons (Fsp3) is 0.400. The molecule has 7 nitrogen and oxygen atoms in total. The summed E-state index contributed by atoms with van der Waals surface area (Å²) in [6.07, 6.45) is 3.36. The van der Waals surface area contributed by atoms with Crippen LogP contribution in [-0.4, -0.2) is 33.8 Å². The molecule has 2 heterocycles. The van der Waals surface area contributed by atoms with Crippen molar-refractivity contribution < 1.29 is 14.3 Å². The van der Waals surface area contributed by atoms with E-state index in [0.29, 0.717) is 40.9 Å². The number of aromatic nitrogens is 2. The molecule has 1 aliphatic rings. The zero-order valence-corrected chi connectivity index (χ0v) is 16.8. The van der Waals surface area contributed by atoms with Gasteiger partial charge in [0.2, 0.25) is 5.91 Å². The Bertz CT molecular complexity index is 924. The number of nitrogens with one attached hydrogen (secondary N) is 1. The van der Waals surface area contributed by atoms with Crippen LogP contribution in [0, 0.1) is 12.8 Å². The molecule has 0 saturated heterocycles. The Morgan fingerprint density at radius 3 is 2.79 bits per heavy atom. The maximum Gasteiger partial charge on any atom is 0.338 e. The van der Waals surface area contributed by atoms with Crippen molar-refractivity contribution in [2.45, 2.75) is 38.4 Å². The number of unbranched alkanes of at least 4 members (excludes halogenated alkanes) is 1. The van der Waals surface area contributed by atoms with Crippen molar-refractivity contribution in [2.24, 2.45) is 5.92 Å². The second-order valence-corrected chi connectivity index (χ2v) is 7.69. The summed E-state index contributed by atoms with van der Waals surface area (Å²) in [5.74, 6) is -0.306. The SMILES string of the molecule is CCCCOC(=O)c1ccc(NC(=O)C2CSc3ncc(C)c(=O)n3C2)cc1. The van der Waals surface area contributed by atoms with E-state index in [-0.39, 0.29) is 23.4 Å². The molecule has 8 heteroatoms. The van der Waals surface area contributed by atoms with Crippen LogP contribution in [0.15, 0.2) is 40.4 Å². The maximum absolute atomic E-state index is 12.6. The van der Waals surface area contributed by atoms with E-state index in [1.54, 1.807) is 42.0 Å². The van der Waals surface area contributed by atoms with E-state index in [0.717, 1.165) is 12.8 Å². The van der Waals surface area contributed by atoms with Crippen molar-refractivity contribution >= 4 is 29.3 Å². The van der Waals surface area contributed by atoms with E-state index in [4.69, 9.17) is 4.74 Å². The third-order valence-electron chi connectivity index (χ3n) is 4.49. The summed E-state index contributed by atoms with van der Waals surface area (Å²) in [5, 5.41) is 3.50. The minimum absolute atomic E-state index is 0.110. The lowest BCUT2D eigenvalue weighted by Gasteiger charge is -2.24. The third kappa shape index (κ3) is 4.62. The monoisotopic (exact) mass is 401 g/mol. The number of fused-ring (bicyclic) bond motifs is 1. The molecule has 0 radical (unpaired) electrons. The van der Waals surface area contributed by atoms with Gasteiger partial charge in [0.05, 0.1) is 18.1 Å². The number of benzene rings is 1. The first-order valence-corrected chi connectivity index (χ1v) is 10.3. The molecule has 0 aliphatic carbocycles. The Labute approximate surface area is 167 Å². The summed E-state index contributed by atoms with van der Waals surface area (Å²) in [6, 6.07) is 6.62. The first kappa shape index (κ1) is 20.1. The minimum Gasteiger partial charge on any atom is -0.462 e. The van der Waals surface area contributed by atoms with Gasteiger partial charge in [0.1, 0.15) is 0 Å². The van der Waals surface area contributed by atoms with E-state index in [2.05, 4.69) is 10.3 Å². The Balaban J connectivity index is 1.61. The molecule has 1 unspecified atom stereocenters. The molecule has 1 N–H and O–H groups in total. The largest absolute Gasteiger partial charge is 0.462 e. The lowest BCUT2D eigenvalue weighted by Crippen LogP contribution is -2.37. The van der Waals surface area contributed by atoms with Gasteiger partial charge in [-0.1, -0.05) is 25.1 Å². The first-order chi connectivity index (χ1) is 13.5. The van der Waals surface area contributed by atoms with Gasteiger partial charge in [0, 0.05) is 29.7 Å². The van der Waals surface area contributed by atoms with Gasteiger partial charge < -0.3 is 10.1 Å². The average Bonchev–Trinajstić information content (AvgIpc) is 2.71. The zero-order valence-electron chi connectivity index (χ0n) is 15.9. The van der Waals surface area contributed by atoms with Gasteiger partial charge in [-0.15, -0.1) is 0 Å². The molecule has 0 bridgehead atoms. The molecular formula is C20H23N3O4S. The van der Waals surface area contributed by atoms with Crippen LogP contribution in [0.1, 0.15) is 35.7 Å². The summed E-state index contributed by atoms with van der Waals surface area (Å²) in [7, 11) is 0. The summed E-state index contributed by atoms with van der Waals surface area (Å²) in [4.78, 5) is 41.1. The highest BCUT2D eigenvalue weighted by atomic mass is 32.2. The number of nitrogens with zero attached hydrogens (tertiary/aromatic N) is 2. The van der Waals surface area contributed by atoms with E-state index in [9.17, 15) is 14.4 Å². The number of carbonyl (C=O) groups is 2. The van der Waals surface area contributed by atoms with Crippen molar-refractivity contribution in [2.75, 3.05) is 17.7 Å². The highest BCUT2D eigenvalue weighted by molar-refractivity contribution is 7.99. The quantitative estimate of drug-likeness (QED) is 0.455. The first-order valence-electron chi connectivity index (χ1n) is 9.27. The number of anilines is 1. The molecule has 0 saturated carbocycles. The molecule has 1 aromatic heterocycles. The molecule has 2 aromatic rings. The van der Waals surface area contributed by atoms with Crippen LogP contribution < -0.4 is 10.9 Å². The zero-order chi connectivity index (χ0) is 20.1. The second-order valence-electron chi connectivity index (χ2n) is 6.70. The van der Waals surface area contributed by atoms with Gasteiger partial charge in [0.15, 0.2) is 5.16 Å². The Morgan fingerprint density at radius 1 is 1.32 bits per heavy atom. The van der Waals surface area contributed by atoms with Gasteiger partial charge in [0.25, 0.3) is 5.56 Å². The van der Waals surface area contributed by atoms with Crippen LogP contribution in [0.25, 0.3) is 0 Å². The number of esters is 1. The highest BCUT2D eigenvalue weighted by Crippen LogP contribution is 2.26. The van der Waals surface area contributed by atoms with Crippen LogP contribution >= 0.6 is 11.8 Å². The van der Waals surface area contributed by atoms with Crippen molar-refractivity contribution in [1.82, 2.24) is 9.55 Å². The molecular weight excluding hydrogens is 378 g/mol. The maximum atomic E-state index is 12.6. The molecule has 3 rings (SSSR count). The van der Waals surface area contributed by atoms with Crippen molar-refractivity contribution in [3.8, 4) is 0 Å². The van der Waals surface area contributed by atoms with Crippen molar-refractivity contribution in [3.05, 3.63) is 51.9 Å². The number of hydrogen-bond acceptors (Lipinski definition) is 6. The second kappa shape index (κ2) is 9.05. The van der Waals surface area contributed by atoms with Gasteiger partial charge in [-0.3, -0.25) is 14.2 Å². The third-order valence-corrected chi connectivity index (χ3v) is 5.64. The van der Waals surface area contributed by atoms with E-state index >= 15 is 0 Å². The van der Waals surface area contributed by atoms with Crippen molar-refractivity contribution in [1.29, 1.82) is 0 Å². The Morgan fingerprint density at radius 2 is 2.07 bits per heavy atom. The van der Waals surface area contributed by atoms with Gasteiger partial charge in [-0.05, 0) is 37.6 Å². The standard InChI is InChI=1S/C20H23N3O4S/c1-3-4-9-27-19(26)14-5-7-16(8-6-14)22-17(24)15-11-23-18(25)13(2)10-21-20(23)28-12-15/h5-8,10,15H,3-4,9,11-12H2,1-2H3,(H,22,24). The predicted octanol–water partition coefficient (Wildman–Crippen LogP) is 2.87. The van der Waals surface area contributed by atoms with Crippen LogP contribution in [0.2, 0.25) is 0 Å². The summed E-state index contributed by atoms with van der Waals surface area (Å²) in [6.45, 7) is 4.46. The molecule has 1 atom stereocenters. The number of ether oxygens (including phenoxy) is 1. The van der Waals surface area contributed by atoms with E-state index in [1.807, 2.05) is 6.92 Å². The number of aryl methyl sites for hydroxylation is 1. The highest BCUT2D eigenvalue weighted by Gasteiger charge is 2.27. The van der Waals surface area contributed by atoms with E-state index < -0.39 is 0 Å². The number of hydrogen-bond donors (Lipinski definition) is 1. The molecule has 1 aromatic carbocycles. The molecule has 1 amide bonds. The molecule has 148 valence electrons. The smallest absolute Gasteiger partial charge is 0.338 e. The topological polar surface area (TPSA) is 90.3 Å².